The van der Waals surface area contributed by atoms with Gasteiger partial charge in [0.2, 0.25) is 0 Å². The zero-order chi connectivity index (χ0) is 16.2. The quantitative estimate of drug-likeness (QED) is 0.714. The molecule has 1 aromatic rings. The molecule has 0 saturated carbocycles. The van der Waals surface area contributed by atoms with Gasteiger partial charge in [-0.25, -0.2) is 0 Å². The second-order valence-corrected chi connectivity index (χ2v) is 6.01. The number of Topliss-reactive ketones (excluding diaryl/α,β-unsaturated/α-hetero) is 2. The number of carbonyl (C=O) groups is 2. The Morgan fingerprint density at radius 3 is 2.59 bits per heavy atom. The second-order valence-electron chi connectivity index (χ2n) is 6.01. The molecule has 0 heterocycles. The van der Waals surface area contributed by atoms with Crippen LogP contribution in [0.15, 0.2) is 23.3 Å². The summed E-state index contributed by atoms with van der Waals surface area (Å²) < 4.78 is 5.00. The summed E-state index contributed by atoms with van der Waals surface area (Å²) in [6.45, 7) is 1.51. The molecule has 2 atom stereocenters. The SMILES string of the molecule is COc1cc(O)c2c(c1)C(=O)C1=C(C2=O)C(O)C[C@@](C)(O)C1. The molecule has 1 aromatic carbocycles. The van der Waals surface area contributed by atoms with E-state index in [1.54, 1.807) is 0 Å². The van der Waals surface area contributed by atoms with Crippen molar-refractivity contribution >= 4 is 11.6 Å². The highest BCUT2D eigenvalue weighted by Gasteiger charge is 2.44. The number of phenolic OH excluding ortho intramolecular Hbond substituents is 1. The Morgan fingerprint density at radius 2 is 1.95 bits per heavy atom. The molecule has 1 unspecified atom stereocenters. The summed E-state index contributed by atoms with van der Waals surface area (Å²) in [5.74, 6) is -1.15. The van der Waals surface area contributed by atoms with E-state index in [0.29, 0.717) is 0 Å². The number of aliphatic hydroxyl groups excluding tert-OH is 1. The van der Waals surface area contributed by atoms with Crippen LogP contribution >= 0.6 is 0 Å². The van der Waals surface area contributed by atoms with Crippen molar-refractivity contribution < 1.29 is 29.6 Å². The molecule has 6 nitrogen and oxygen atoms in total. The van der Waals surface area contributed by atoms with E-state index in [1.807, 2.05) is 0 Å². The van der Waals surface area contributed by atoms with Crippen LogP contribution in [0.25, 0.3) is 0 Å². The summed E-state index contributed by atoms with van der Waals surface area (Å²) in [6.07, 6.45) is -1.27. The zero-order valence-electron chi connectivity index (χ0n) is 12.2. The summed E-state index contributed by atoms with van der Waals surface area (Å²) in [6, 6.07) is 2.63. The molecular weight excluding hydrogens is 288 g/mol. The normalized spacial score (nSPS) is 27.5. The Bertz CT molecular complexity index is 728. The van der Waals surface area contributed by atoms with E-state index in [9.17, 15) is 24.9 Å². The third kappa shape index (κ3) is 2.03. The first-order chi connectivity index (χ1) is 10.2. The predicted octanol–water partition coefficient (Wildman–Crippen LogP) is 0.982. The van der Waals surface area contributed by atoms with Crippen molar-refractivity contribution in [1.82, 2.24) is 0 Å². The number of hydrogen-bond donors (Lipinski definition) is 3. The maximum atomic E-state index is 12.7. The van der Waals surface area contributed by atoms with Crippen LogP contribution in [0, 0.1) is 0 Å². The maximum Gasteiger partial charge on any atom is 0.196 e. The highest BCUT2D eigenvalue weighted by Crippen LogP contribution is 2.42. The van der Waals surface area contributed by atoms with Crippen LogP contribution in [-0.4, -0.2) is 45.7 Å². The van der Waals surface area contributed by atoms with Gasteiger partial charge in [-0.15, -0.1) is 0 Å². The molecule has 3 N–H and O–H groups in total. The Hall–Kier alpha value is -2.18. The number of benzene rings is 1. The fraction of sp³-hybridized carbons (Fsp3) is 0.375. The predicted molar refractivity (Wildman–Crippen MR) is 76.2 cm³/mol. The van der Waals surface area contributed by atoms with Gasteiger partial charge in [0, 0.05) is 35.6 Å². The summed E-state index contributed by atoms with van der Waals surface area (Å²) in [5, 5.41) is 30.3. The van der Waals surface area contributed by atoms with Crippen molar-refractivity contribution in [1.29, 1.82) is 0 Å². The minimum atomic E-state index is -1.26. The van der Waals surface area contributed by atoms with Gasteiger partial charge in [0.25, 0.3) is 0 Å². The van der Waals surface area contributed by atoms with Gasteiger partial charge in [-0.2, -0.15) is 0 Å². The number of aliphatic hydroxyl groups is 2. The first-order valence-corrected chi connectivity index (χ1v) is 6.89. The number of aromatic hydroxyl groups is 1. The van der Waals surface area contributed by atoms with Gasteiger partial charge in [0.05, 0.1) is 24.4 Å². The molecule has 0 fully saturated rings. The van der Waals surface area contributed by atoms with E-state index in [2.05, 4.69) is 0 Å². The van der Waals surface area contributed by atoms with E-state index >= 15 is 0 Å². The highest BCUT2D eigenvalue weighted by atomic mass is 16.5. The molecular formula is C16H16O6. The van der Waals surface area contributed by atoms with Crippen molar-refractivity contribution in [2.75, 3.05) is 7.11 Å². The molecule has 0 spiro atoms. The molecule has 3 rings (SSSR count). The van der Waals surface area contributed by atoms with E-state index < -0.39 is 23.3 Å². The average Bonchev–Trinajstić information content (AvgIpc) is 2.42. The van der Waals surface area contributed by atoms with Crippen molar-refractivity contribution in [3.8, 4) is 11.5 Å². The summed E-state index contributed by atoms with van der Waals surface area (Å²) >= 11 is 0. The fourth-order valence-electron chi connectivity index (χ4n) is 3.19. The van der Waals surface area contributed by atoms with Crippen molar-refractivity contribution in [2.45, 2.75) is 31.5 Å². The van der Waals surface area contributed by atoms with E-state index in [1.165, 1.54) is 26.2 Å². The van der Waals surface area contributed by atoms with E-state index in [4.69, 9.17) is 4.74 Å². The molecule has 2 aliphatic rings. The maximum absolute atomic E-state index is 12.7. The van der Waals surface area contributed by atoms with Crippen LogP contribution < -0.4 is 4.74 Å². The van der Waals surface area contributed by atoms with Crippen LogP contribution in [-0.2, 0) is 0 Å². The van der Waals surface area contributed by atoms with E-state index in [0.717, 1.165) is 0 Å². The van der Waals surface area contributed by atoms with Crippen molar-refractivity contribution in [3.05, 3.63) is 34.4 Å². The molecule has 0 saturated heterocycles. The van der Waals surface area contributed by atoms with Crippen LogP contribution in [0.2, 0.25) is 0 Å². The zero-order valence-corrected chi connectivity index (χ0v) is 12.2. The number of rotatable bonds is 1. The summed E-state index contributed by atoms with van der Waals surface area (Å²) in [5.41, 5.74) is -1.26. The van der Waals surface area contributed by atoms with Gasteiger partial charge in [-0.1, -0.05) is 0 Å². The number of ketones is 2. The Morgan fingerprint density at radius 1 is 1.27 bits per heavy atom. The van der Waals surface area contributed by atoms with Crippen LogP contribution in [0.1, 0.15) is 40.5 Å². The lowest BCUT2D eigenvalue weighted by molar-refractivity contribution is 0.00377. The lowest BCUT2D eigenvalue weighted by Gasteiger charge is -2.36. The fourth-order valence-corrected chi connectivity index (χ4v) is 3.19. The van der Waals surface area contributed by atoms with Crippen molar-refractivity contribution in [3.63, 3.8) is 0 Å². The van der Waals surface area contributed by atoms with E-state index in [-0.39, 0.29) is 46.6 Å². The number of fused-ring (bicyclic) bond motifs is 1. The first-order valence-electron chi connectivity index (χ1n) is 6.89. The number of methoxy groups -OCH3 is 1. The molecule has 0 aliphatic heterocycles. The monoisotopic (exact) mass is 304 g/mol. The number of carbonyl (C=O) groups excluding carboxylic acids is 2. The second kappa shape index (κ2) is 4.66. The summed E-state index contributed by atoms with van der Waals surface area (Å²) in [4.78, 5) is 25.2. The highest BCUT2D eigenvalue weighted by molar-refractivity contribution is 6.28. The standard InChI is InChI=1S/C16H16O6/c1-16(21)5-9-13(11(18)6-16)15(20)12-8(14(9)19)3-7(22-2)4-10(12)17/h3-4,11,17-18,21H,5-6H2,1-2H3/t11?,16-/m0/s1. The molecule has 116 valence electrons. The largest absolute Gasteiger partial charge is 0.507 e. The van der Waals surface area contributed by atoms with Gasteiger partial charge >= 0.3 is 0 Å². The van der Waals surface area contributed by atoms with Gasteiger partial charge in [-0.3, -0.25) is 9.59 Å². The Kier molecular flexibility index (Phi) is 3.12. The molecule has 0 radical (unpaired) electrons. The first kappa shape index (κ1) is 14.7. The average molecular weight is 304 g/mol. The molecule has 2 aliphatic carbocycles. The number of ether oxygens (including phenoxy) is 1. The van der Waals surface area contributed by atoms with Crippen LogP contribution in [0.4, 0.5) is 0 Å². The Balaban J connectivity index is 2.23. The van der Waals surface area contributed by atoms with Gasteiger partial charge in [0.15, 0.2) is 11.6 Å². The lowest BCUT2D eigenvalue weighted by atomic mass is 9.71. The van der Waals surface area contributed by atoms with Gasteiger partial charge in [-0.05, 0) is 13.0 Å². The third-order valence-corrected chi connectivity index (χ3v) is 4.17. The summed E-state index contributed by atoms with van der Waals surface area (Å²) in [7, 11) is 1.39. The van der Waals surface area contributed by atoms with Gasteiger partial charge in [0.1, 0.15) is 11.5 Å². The lowest BCUT2D eigenvalue weighted by Crippen LogP contribution is -2.42. The molecule has 6 heteroatoms. The molecule has 22 heavy (non-hydrogen) atoms. The smallest absolute Gasteiger partial charge is 0.196 e. The van der Waals surface area contributed by atoms with Gasteiger partial charge < -0.3 is 20.1 Å². The minimum absolute atomic E-state index is 0.0125. The minimum Gasteiger partial charge on any atom is -0.507 e. The topological polar surface area (TPSA) is 104 Å². The molecule has 0 aromatic heterocycles. The third-order valence-electron chi connectivity index (χ3n) is 4.17. The van der Waals surface area contributed by atoms with Crippen LogP contribution in [0.3, 0.4) is 0 Å². The molecule has 0 amide bonds. The molecule has 0 bridgehead atoms. The number of phenols is 1. The van der Waals surface area contributed by atoms with Crippen molar-refractivity contribution in [2.24, 2.45) is 0 Å². The van der Waals surface area contributed by atoms with Crippen LogP contribution in [0.5, 0.6) is 11.5 Å². The Labute approximate surface area is 126 Å². The number of hydrogen-bond acceptors (Lipinski definition) is 6.